The van der Waals surface area contributed by atoms with Gasteiger partial charge < -0.3 is 20.9 Å². The zero-order valence-electron chi connectivity index (χ0n) is 11.7. The summed E-state index contributed by atoms with van der Waals surface area (Å²) < 4.78 is 27.7. The summed E-state index contributed by atoms with van der Waals surface area (Å²) in [5, 5.41) is 10.9. The van der Waals surface area contributed by atoms with Gasteiger partial charge in [-0.1, -0.05) is 30.3 Å². The van der Waals surface area contributed by atoms with Crippen molar-refractivity contribution in [1.82, 2.24) is 5.32 Å². The Morgan fingerprint density at radius 3 is 2.45 bits per heavy atom. The fourth-order valence-corrected chi connectivity index (χ4v) is 1.72. The molecule has 0 aliphatic heterocycles. The highest BCUT2D eigenvalue weighted by molar-refractivity contribution is 5.86. The van der Waals surface area contributed by atoms with Crippen LogP contribution in [0.3, 0.4) is 0 Å². The topological polar surface area (TPSA) is 102 Å². The predicted octanol–water partition coefficient (Wildman–Crippen LogP) is 0.755. The number of nitrogens with one attached hydrogen (secondary N) is 1. The van der Waals surface area contributed by atoms with Gasteiger partial charge in [0.25, 0.3) is 0 Å². The Morgan fingerprint density at radius 2 is 1.91 bits per heavy atom. The third kappa shape index (κ3) is 6.59. The van der Waals surface area contributed by atoms with Crippen LogP contribution in [0.4, 0.5) is 8.78 Å². The molecule has 0 radical (unpaired) electrons. The summed E-state index contributed by atoms with van der Waals surface area (Å²) in [5.74, 6) is -2.19. The molecule has 1 aromatic carbocycles. The van der Waals surface area contributed by atoms with Crippen LogP contribution in [0, 0.1) is 0 Å². The van der Waals surface area contributed by atoms with E-state index in [1.54, 1.807) is 0 Å². The number of amides is 1. The van der Waals surface area contributed by atoms with Gasteiger partial charge in [-0.2, -0.15) is 8.78 Å². The van der Waals surface area contributed by atoms with E-state index in [0.29, 0.717) is 12.8 Å². The lowest BCUT2D eigenvalue weighted by Gasteiger charge is -2.17. The number of carboxylic acids is 1. The lowest BCUT2D eigenvalue weighted by atomic mass is 10.1. The molecule has 0 saturated heterocycles. The molecule has 0 aliphatic rings. The third-order valence-electron chi connectivity index (χ3n) is 2.93. The minimum absolute atomic E-state index is 0.303. The second kappa shape index (κ2) is 9.06. The summed E-state index contributed by atoms with van der Waals surface area (Å²) in [7, 11) is 0. The van der Waals surface area contributed by atoms with Gasteiger partial charge in [-0.3, -0.25) is 4.79 Å². The van der Waals surface area contributed by atoms with Crippen molar-refractivity contribution >= 4 is 11.9 Å². The molecule has 6 nitrogen and oxygen atoms in total. The fraction of sp³-hybridized carbons (Fsp3) is 0.429. The molecule has 0 bridgehead atoms. The van der Waals surface area contributed by atoms with Crippen LogP contribution >= 0.6 is 0 Å². The van der Waals surface area contributed by atoms with Crippen LogP contribution in [0.15, 0.2) is 30.3 Å². The number of rotatable bonds is 9. The van der Waals surface area contributed by atoms with Gasteiger partial charge in [0.1, 0.15) is 0 Å². The average Bonchev–Trinajstić information content (AvgIpc) is 2.49. The van der Waals surface area contributed by atoms with Crippen LogP contribution in [-0.4, -0.2) is 42.3 Å². The Balaban J connectivity index is 2.45. The number of halogens is 2. The molecule has 8 heteroatoms. The van der Waals surface area contributed by atoms with E-state index < -0.39 is 37.2 Å². The van der Waals surface area contributed by atoms with Crippen LogP contribution in [0.2, 0.25) is 0 Å². The summed E-state index contributed by atoms with van der Waals surface area (Å²) in [6.45, 7) is -3.94. The Kier molecular flexibility index (Phi) is 7.41. The smallest absolute Gasteiger partial charge is 0.345 e. The Morgan fingerprint density at radius 1 is 1.27 bits per heavy atom. The van der Waals surface area contributed by atoms with E-state index in [1.807, 2.05) is 30.3 Å². The van der Waals surface area contributed by atoms with Gasteiger partial charge in [-0.15, -0.1) is 0 Å². The van der Waals surface area contributed by atoms with Crippen LogP contribution in [0.1, 0.15) is 12.0 Å². The average molecular weight is 316 g/mol. The second-order valence-corrected chi connectivity index (χ2v) is 4.62. The number of alkyl halides is 2. The quantitative estimate of drug-likeness (QED) is 0.624. The standard InChI is InChI=1S/C14H18F2N2O4/c15-14(16)22-8-11(13(20)21)18-12(19)10(17)7-6-9-4-2-1-3-5-9/h1-5,10-11,14H,6-8,17H2,(H,18,19)(H,20,21)/t10-,11-/m0/s1. The molecule has 1 rings (SSSR count). The highest BCUT2D eigenvalue weighted by Gasteiger charge is 2.24. The molecule has 122 valence electrons. The SMILES string of the molecule is N[C@@H](CCc1ccccc1)C(=O)N[C@@H](COC(F)F)C(=O)O. The number of hydrogen-bond acceptors (Lipinski definition) is 4. The van der Waals surface area contributed by atoms with Gasteiger partial charge in [0.2, 0.25) is 5.91 Å². The molecular formula is C14H18F2N2O4. The van der Waals surface area contributed by atoms with E-state index in [2.05, 4.69) is 10.1 Å². The number of hydrogen-bond donors (Lipinski definition) is 3. The molecule has 0 saturated carbocycles. The summed E-state index contributed by atoms with van der Waals surface area (Å²) in [5.41, 5.74) is 6.66. The van der Waals surface area contributed by atoms with Gasteiger partial charge in [0, 0.05) is 0 Å². The van der Waals surface area contributed by atoms with Gasteiger partial charge in [-0.25, -0.2) is 4.79 Å². The van der Waals surface area contributed by atoms with Gasteiger partial charge in [0.15, 0.2) is 6.04 Å². The number of ether oxygens (including phenoxy) is 1. The van der Waals surface area contributed by atoms with E-state index in [0.717, 1.165) is 5.56 Å². The van der Waals surface area contributed by atoms with E-state index >= 15 is 0 Å². The number of aliphatic carboxylic acids is 1. The molecule has 0 fully saturated rings. The molecule has 1 amide bonds. The Hall–Kier alpha value is -2.06. The van der Waals surface area contributed by atoms with Crippen molar-refractivity contribution in [3.63, 3.8) is 0 Å². The van der Waals surface area contributed by atoms with Crippen molar-refractivity contribution in [2.45, 2.75) is 31.5 Å². The first kappa shape index (κ1) is 18.0. The molecule has 0 aromatic heterocycles. The summed E-state index contributed by atoms with van der Waals surface area (Å²) in [6, 6.07) is 6.81. The Bertz CT molecular complexity index is 485. The van der Waals surface area contributed by atoms with Crippen molar-refractivity contribution in [2.75, 3.05) is 6.61 Å². The van der Waals surface area contributed by atoms with Crippen molar-refractivity contribution in [3.8, 4) is 0 Å². The van der Waals surface area contributed by atoms with E-state index in [1.165, 1.54) is 0 Å². The number of aryl methyl sites for hydroxylation is 1. The minimum atomic E-state index is -3.11. The summed E-state index contributed by atoms with van der Waals surface area (Å²) in [6.07, 6.45) is 0.846. The monoisotopic (exact) mass is 316 g/mol. The van der Waals surface area contributed by atoms with Crippen LogP contribution < -0.4 is 11.1 Å². The molecule has 0 aliphatic carbocycles. The van der Waals surface area contributed by atoms with Gasteiger partial charge >= 0.3 is 12.6 Å². The molecule has 22 heavy (non-hydrogen) atoms. The molecule has 2 atom stereocenters. The van der Waals surface area contributed by atoms with Gasteiger partial charge in [0.05, 0.1) is 12.6 Å². The molecular weight excluding hydrogens is 298 g/mol. The molecule has 1 aromatic rings. The normalized spacial score (nSPS) is 13.6. The van der Waals surface area contributed by atoms with E-state index in [-0.39, 0.29) is 0 Å². The van der Waals surface area contributed by atoms with Crippen LogP contribution in [0.5, 0.6) is 0 Å². The maximum atomic E-state index is 11.9. The number of carboxylic acid groups (broad SMARTS) is 1. The highest BCUT2D eigenvalue weighted by Crippen LogP contribution is 2.04. The van der Waals surface area contributed by atoms with Crippen molar-refractivity contribution < 1.29 is 28.2 Å². The summed E-state index contributed by atoms with van der Waals surface area (Å²) >= 11 is 0. The molecule has 0 unspecified atom stereocenters. The summed E-state index contributed by atoms with van der Waals surface area (Å²) in [4.78, 5) is 22.7. The zero-order valence-corrected chi connectivity index (χ0v) is 11.7. The number of carbonyl (C=O) groups is 2. The first-order chi connectivity index (χ1) is 10.4. The minimum Gasteiger partial charge on any atom is -0.480 e. The lowest BCUT2D eigenvalue weighted by Crippen LogP contribution is -2.50. The number of carbonyl (C=O) groups excluding carboxylic acids is 1. The van der Waals surface area contributed by atoms with E-state index in [4.69, 9.17) is 10.8 Å². The first-order valence-electron chi connectivity index (χ1n) is 6.62. The maximum absolute atomic E-state index is 11.9. The van der Waals surface area contributed by atoms with Crippen molar-refractivity contribution in [2.24, 2.45) is 5.73 Å². The zero-order chi connectivity index (χ0) is 16.5. The largest absolute Gasteiger partial charge is 0.480 e. The Labute approximate surface area is 126 Å². The van der Waals surface area contributed by atoms with Crippen molar-refractivity contribution in [3.05, 3.63) is 35.9 Å². The van der Waals surface area contributed by atoms with Crippen LogP contribution in [0.25, 0.3) is 0 Å². The van der Waals surface area contributed by atoms with Crippen molar-refractivity contribution in [1.29, 1.82) is 0 Å². The highest BCUT2D eigenvalue weighted by atomic mass is 19.3. The second-order valence-electron chi connectivity index (χ2n) is 4.62. The molecule has 4 N–H and O–H groups in total. The number of nitrogens with two attached hydrogens (primary N) is 1. The maximum Gasteiger partial charge on any atom is 0.345 e. The fourth-order valence-electron chi connectivity index (χ4n) is 1.72. The molecule has 0 spiro atoms. The molecule has 0 heterocycles. The van der Waals surface area contributed by atoms with Gasteiger partial charge in [-0.05, 0) is 18.4 Å². The number of benzene rings is 1. The van der Waals surface area contributed by atoms with Crippen LogP contribution in [-0.2, 0) is 20.7 Å². The third-order valence-corrected chi connectivity index (χ3v) is 2.93. The van der Waals surface area contributed by atoms with E-state index in [9.17, 15) is 18.4 Å². The lowest BCUT2D eigenvalue weighted by molar-refractivity contribution is -0.156. The first-order valence-corrected chi connectivity index (χ1v) is 6.62. The predicted molar refractivity (Wildman–Crippen MR) is 74.3 cm³/mol.